The van der Waals surface area contributed by atoms with Crippen LogP contribution in [-0.4, -0.2) is 69.2 Å². The van der Waals surface area contributed by atoms with Gasteiger partial charge in [0.05, 0.1) is 19.3 Å². The van der Waals surface area contributed by atoms with E-state index in [0.717, 1.165) is 23.6 Å². The lowest BCUT2D eigenvalue weighted by molar-refractivity contribution is 0.0615. The lowest BCUT2D eigenvalue weighted by Gasteiger charge is -2.34. The molecule has 0 saturated carbocycles. The van der Waals surface area contributed by atoms with Gasteiger partial charge in [0.2, 0.25) is 0 Å². The number of hydrogen-bond donors (Lipinski definition) is 0. The van der Waals surface area contributed by atoms with E-state index in [1.54, 1.807) is 11.8 Å². The Morgan fingerprint density at radius 2 is 1.70 bits per heavy atom. The van der Waals surface area contributed by atoms with Crippen molar-refractivity contribution < 1.29 is 18.3 Å². The monoisotopic (exact) mass is 414 g/mol. The Morgan fingerprint density at radius 1 is 1.03 bits per heavy atom. The van der Waals surface area contributed by atoms with Crippen LogP contribution in [0.2, 0.25) is 0 Å². The summed E-state index contributed by atoms with van der Waals surface area (Å²) in [6.45, 7) is 2.27. The number of amides is 1. The number of benzene rings is 2. The van der Waals surface area contributed by atoms with E-state index in [2.05, 4.69) is 20.4 Å². The van der Waals surface area contributed by atoms with Gasteiger partial charge < -0.3 is 9.64 Å². The fourth-order valence-electron chi connectivity index (χ4n) is 3.40. The highest BCUT2D eigenvalue weighted by molar-refractivity contribution is 5.94. The fourth-order valence-corrected chi connectivity index (χ4v) is 3.40. The summed E-state index contributed by atoms with van der Waals surface area (Å²) in [7, 11) is 1.60. The Labute approximate surface area is 171 Å². The minimum absolute atomic E-state index is 0.358. The molecule has 2 aromatic carbocycles. The molecule has 1 aliphatic heterocycles. The number of ether oxygens (including phenoxy) is 1. The Bertz CT molecular complexity index is 1010. The van der Waals surface area contributed by atoms with E-state index < -0.39 is 23.1 Å². The van der Waals surface area contributed by atoms with Crippen molar-refractivity contribution in [1.29, 1.82) is 0 Å². The molecular weight excluding hydrogens is 394 g/mol. The first-order valence-electron chi connectivity index (χ1n) is 9.44. The zero-order valence-electron chi connectivity index (χ0n) is 16.3. The molecular formula is C20H20F2N6O2. The van der Waals surface area contributed by atoms with Crippen LogP contribution in [0.4, 0.5) is 8.78 Å². The van der Waals surface area contributed by atoms with E-state index in [9.17, 15) is 13.6 Å². The Balaban J connectivity index is 1.40. The predicted octanol–water partition coefficient (Wildman–Crippen LogP) is 1.91. The molecule has 2 heterocycles. The third-order valence-corrected chi connectivity index (χ3v) is 5.05. The first-order chi connectivity index (χ1) is 14.6. The number of methoxy groups -OCH3 is 1. The normalized spacial score (nSPS) is 14.7. The molecule has 1 fully saturated rings. The largest absolute Gasteiger partial charge is 0.497 e. The summed E-state index contributed by atoms with van der Waals surface area (Å²) in [5.74, 6) is -0.934. The van der Waals surface area contributed by atoms with Crippen LogP contribution in [0, 0.1) is 11.6 Å². The van der Waals surface area contributed by atoms with Gasteiger partial charge in [0.1, 0.15) is 22.9 Å². The van der Waals surface area contributed by atoms with Crippen LogP contribution in [-0.2, 0) is 6.54 Å². The topological polar surface area (TPSA) is 76.4 Å². The van der Waals surface area contributed by atoms with Gasteiger partial charge in [-0.3, -0.25) is 9.69 Å². The highest BCUT2D eigenvalue weighted by Gasteiger charge is 2.27. The van der Waals surface area contributed by atoms with Crippen LogP contribution in [0.3, 0.4) is 0 Å². The zero-order valence-corrected chi connectivity index (χ0v) is 16.3. The second kappa shape index (κ2) is 8.54. The maximum Gasteiger partial charge on any atom is 0.259 e. The standard InChI is InChI=1S/C20H20F2N6O2/c1-30-15-7-5-14(6-8-15)28-18(23-24-25-28)13-26-9-11-27(12-10-26)20(29)19-16(21)3-2-4-17(19)22/h2-8H,9-13H2,1H3. The number of carbonyl (C=O) groups excluding carboxylic acids is 1. The quantitative estimate of drug-likeness (QED) is 0.635. The average molecular weight is 414 g/mol. The summed E-state index contributed by atoms with van der Waals surface area (Å²) in [6.07, 6.45) is 0. The molecule has 1 aromatic heterocycles. The van der Waals surface area contributed by atoms with Crippen molar-refractivity contribution in [1.82, 2.24) is 30.0 Å². The smallest absolute Gasteiger partial charge is 0.259 e. The lowest BCUT2D eigenvalue weighted by Crippen LogP contribution is -2.48. The minimum Gasteiger partial charge on any atom is -0.497 e. The Morgan fingerprint density at radius 3 is 2.33 bits per heavy atom. The van der Waals surface area contributed by atoms with Crippen LogP contribution >= 0.6 is 0 Å². The van der Waals surface area contributed by atoms with Crippen LogP contribution in [0.25, 0.3) is 5.69 Å². The van der Waals surface area contributed by atoms with Crippen molar-refractivity contribution in [3.8, 4) is 11.4 Å². The van der Waals surface area contributed by atoms with E-state index in [0.29, 0.717) is 38.5 Å². The number of hydrogen-bond acceptors (Lipinski definition) is 6. The summed E-state index contributed by atoms with van der Waals surface area (Å²) in [5, 5.41) is 11.9. The van der Waals surface area contributed by atoms with Crippen LogP contribution in [0.5, 0.6) is 5.75 Å². The van der Waals surface area contributed by atoms with E-state index in [-0.39, 0.29) is 0 Å². The molecule has 0 atom stereocenters. The predicted molar refractivity (Wildman–Crippen MR) is 103 cm³/mol. The van der Waals surface area contributed by atoms with Crippen molar-refractivity contribution in [3.05, 3.63) is 65.5 Å². The molecule has 8 nitrogen and oxygen atoms in total. The molecule has 0 aliphatic carbocycles. The zero-order chi connectivity index (χ0) is 21.1. The van der Waals surface area contributed by atoms with E-state index in [4.69, 9.17) is 4.74 Å². The number of piperazine rings is 1. The van der Waals surface area contributed by atoms with Crippen LogP contribution in [0.1, 0.15) is 16.2 Å². The Kier molecular flexibility index (Phi) is 5.66. The second-order valence-corrected chi connectivity index (χ2v) is 6.87. The summed E-state index contributed by atoms with van der Waals surface area (Å²) in [6, 6.07) is 10.8. The molecule has 1 amide bonds. The number of halogens is 2. The van der Waals surface area contributed by atoms with Gasteiger partial charge in [0.15, 0.2) is 5.82 Å². The SMILES string of the molecule is COc1ccc(-n2nnnc2CN2CCN(C(=O)c3c(F)cccc3F)CC2)cc1. The first-order valence-corrected chi connectivity index (χ1v) is 9.44. The molecule has 0 bridgehead atoms. The molecule has 30 heavy (non-hydrogen) atoms. The number of rotatable bonds is 5. The van der Waals surface area contributed by atoms with Crippen molar-refractivity contribution >= 4 is 5.91 Å². The number of aromatic nitrogens is 4. The molecule has 0 spiro atoms. The third-order valence-electron chi connectivity index (χ3n) is 5.05. The van der Waals surface area contributed by atoms with Crippen LogP contribution in [0.15, 0.2) is 42.5 Å². The van der Waals surface area contributed by atoms with Crippen molar-refractivity contribution in [2.24, 2.45) is 0 Å². The first kappa shape index (κ1) is 19.9. The summed E-state index contributed by atoms with van der Waals surface area (Å²) in [5.41, 5.74) is 0.300. The summed E-state index contributed by atoms with van der Waals surface area (Å²) >= 11 is 0. The van der Waals surface area contributed by atoms with Crippen molar-refractivity contribution in [3.63, 3.8) is 0 Å². The maximum absolute atomic E-state index is 13.9. The fraction of sp³-hybridized carbons (Fsp3) is 0.300. The molecule has 156 valence electrons. The molecule has 0 radical (unpaired) electrons. The highest BCUT2D eigenvalue weighted by atomic mass is 19.1. The number of carbonyl (C=O) groups is 1. The van der Waals surface area contributed by atoms with E-state index in [1.165, 1.54) is 11.0 Å². The van der Waals surface area contributed by atoms with Crippen molar-refractivity contribution in [2.75, 3.05) is 33.3 Å². The van der Waals surface area contributed by atoms with Gasteiger partial charge >= 0.3 is 0 Å². The minimum atomic E-state index is -0.846. The number of tetrazole rings is 1. The van der Waals surface area contributed by atoms with Crippen molar-refractivity contribution in [2.45, 2.75) is 6.54 Å². The average Bonchev–Trinajstić information content (AvgIpc) is 3.22. The maximum atomic E-state index is 13.9. The van der Waals surface area contributed by atoms with E-state index in [1.807, 2.05) is 24.3 Å². The summed E-state index contributed by atoms with van der Waals surface area (Å²) in [4.78, 5) is 16.1. The summed E-state index contributed by atoms with van der Waals surface area (Å²) < 4.78 is 34.6. The third kappa shape index (κ3) is 3.99. The van der Waals surface area contributed by atoms with Gasteiger partial charge in [-0.15, -0.1) is 5.10 Å². The van der Waals surface area contributed by atoms with Gasteiger partial charge in [-0.2, -0.15) is 4.68 Å². The van der Waals surface area contributed by atoms with Gasteiger partial charge in [-0.25, -0.2) is 8.78 Å². The van der Waals surface area contributed by atoms with Gasteiger partial charge in [-0.1, -0.05) is 6.07 Å². The lowest BCUT2D eigenvalue weighted by atomic mass is 10.1. The second-order valence-electron chi connectivity index (χ2n) is 6.87. The van der Waals surface area contributed by atoms with Crippen LogP contribution < -0.4 is 4.74 Å². The highest BCUT2D eigenvalue weighted by Crippen LogP contribution is 2.18. The molecule has 0 N–H and O–H groups in total. The van der Waals surface area contributed by atoms with E-state index >= 15 is 0 Å². The molecule has 0 unspecified atom stereocenters. The molecule has 3 aromatic rings. The van der Waals surface area contributed by atoms with Gasteiger partial charge in [-0.05, 0) is 46.8 Å². The molecule has 10 heteroatoms. The molecule has 1 aliphatic rings. The number of nitrogens with zero attached hydrogens (tertiary/aromatic N) is 6. The van der Waals surface area contributed by atoms with Gasteiger partial charge in [0, 0.05) is 26.2 Å². The molecule has 1 saturated heterocycles. The molecule has 4 rings (SSSR count). The van der Waals surface area contributed by atoms with Gasteiger partial charge in [0.25, 0.3) is 5.91 Å². The Hall–Kier alpha value is -3.40.